The molecule has 0 unspecified atom stereocenters. The van der Waals surface area contributed by atoms with Gasteiger partial charge in [0.05, 0.1) is 13.2 Å². The van der Waals surface area contributed by atoms with Gasteiger partial charge >= 0.3 is 5.97 Å². The molecule has 1 aliphatic rings. The molecular weight excluding hydrogens is 244 g/mol. The number of carbonyl (C=O) groups is 1. The molecule has 1 saturated carbocycles. The Bertz CT molecular complexity index is 473. The predicted molar refractivity (Wildman–Crippen MR) is 72.5 cm³/mol. The van der Waals surface area contributed by atoms with E-state index in [2.05, 4.69) is 0 Å². The predicted octanol–water partition coefficient (Wildman–Crippen LogP) is 3.11. The molecule has 0 bridgehead atoms. The minimum absolute atomic E-state index is 0.243. The van der Waals surface area contributed by atoms with Crippen LogP contribution in [-0.4, -0.2) is 24.3 Å². The zero-order chi connectivity index (χ0) is 13.7. The van der Waals surface area contributed by atoms with Gasteiger partial charge in [-0.25, -0.2) is 4.79 Å². The van der Waals surface area contributed by atoms with Crippen molar-refractivity contribution in [1.29, 1.82) is 0 Å². The number of aliphatic carboxylic acids is 1. The molecule has 4 nitrogen and oxygen atoms in total. The van der Waals surface area contributed by atoms with Gasteiger partial charge in [0.1, 0.15) is 0 Å². The molecule has 0 spiro atoms. The second kappa shape index (κ2) is 6.27. The maximum absolute atomic E-state index is 10.5. The SMILES string of the molecule is COc1ccc(C=CC(=O)O)cc1OC1CCCC1. The molecule has 1 fully saturated rings. The second-order valence-electron chi connectivity index (χ2n) is 4.61. The van der Waals surface area contributed by atoms with Gasteiger partial charge in [0, 0.05) is 6.08 Å². The van der Waals surface area contributed by atoms with Crippen LogP contribution in [0.3, 0.4) is 0 Å². The van der Waals surface area contributed by atoms with Crippen molar-refractivity contribution in [2.75, 3.05) is 7.11 Å². The van der Waals surface area contributed by atoms with Crippen LogP contribution >= 0.6 is 0 Å². The maximum atomic E-state index is 10.5. The molecule has 0 radical (unpaired) electrons. The van der Waals surface area contributed by atoms with Gasteiger partial charge in [-0.3, -0.25) is 0 Å². The Hall–Kier alpha value is -1.97. The van der Waals surface area contributed by atoms with E-state index in [1.165, 1.54) is 12.8 Å². The summed E-state index contributed by atoms with van der Waals surface area (Å²) in [5.74, 6) is 0.399. The first kappa shape index (κ1) is 13.5. The van der Waals surface area contributed by atoms with E-state index in [9.17, 15) is 4.79 Å². The smallest absolute Gasteiger partial charge is 0.328 e. The molecule has 1 aliphatic carbocycles. The quantitative estimate of drug-likeness (QED) is 0.828. The van der Waals surface area contributed by atoms with E-state index in [1.54, 1.807) is 25.3 Å². The van der Waals surface area contributed by atoms with Crippen molar-refractivity contribution >= 4 is 12.0 Å². The molecule has 2 rings (SSSR count). The van der Waals surface area contributed by atoms with Gasteiger partial charge < -0.3 is 14.6 Å². The summed E-state index contributed by atoms with van der Waals surface area (Å²) in [6, 6.07) is 5.42. The Balaban J connectivity index is 2.17. The zero-order valence-electron chi connectivity index (χ0n) is 11.0. The normalized spacial score (nSPS) is 15.8. The summed E-state index contributed by atoms with van der Waals surface area (Å²) in [7, 11) is 1.60. The lowest BCUT2D eigenvalue weighted by Crippen LogP contribution is -2.11. The molecule has 1 N–H and O–H groups in total. The lowest BCUT2D eigenvalue weighted by molar-refractivity contribution is -0.131. The summed E-state index contributed by atoms with van der Waals surface area (Å²) in [5.41, 5.74) is 0.788. The van der Waals surface area contributed by atoms with Crippen LogP contribution < -0.4 is 9.47 Å². The molecule has 19 heavy (non-hydrogen) atoms. The number of benzene rings is 1. The molecule has 102 valence electrons. The second-order valence-corrected chi connectivity index (χ2v) is 4.61. The molecule has 1 aromatic rings. The first-order valence-corrected chi connectivity index (χ1v) is 6.45. The number of carboxylic acids is 1. The molecular formula is C15H18O4. The van der Waals surface area contributed by atoms with Gasteiger partial charge in [-0.2, -0.15) is 0 Å². The van der Waals surface area contributed by atoms with Crippen LogP contribution in [0.4, 0.5) is 0 Å². The summed E-state index contributed by atoms with van der Waals surface area (Å²) in [5, 5.41) is 8.63. The average molecular weight is 262 g/mol. The highest BCUT2D eigenvalue weighted by Gasteiger charge is 2.18. The van der Waals surface area contributed by atoms with Crippen molar-refractivity contribution < 1.29 is 19.4 Å². The standard InChI is InChI=1S/C15H18O4/c1-18-13-8-6-11(7-9-15(16)17)10-14(13)19-12-4-2-3-5-12/h6-10,12H,2-5H2,1H3,(H,16,17). The van der Waals surface area contributed by atoms with E-state index < -0.39 is 5.97 Å². The summed E-state index contributed by atoms with van der Waals surface area (Å²) in [6.45, 7) is 0. The third kappa shape index (κ3) is 3.74. The highest BCUT2D eigenvalue weighted by atomic mass is 16.5. The van der Waals surface area contributed by atoms with Gasteiger partial charge in [-0.1, -0.05) is 6.07 Å². The summed E-state index contributed by atoms with van der Waals surface area (Å²) in [6.07, 6.45) is 7.44. The lowest BCUT2D eigenvalue weighted by Gasteiger charge is -2.16. The largest absolute Gasteiger partial charge is 0.493 e. The van der Waals surface area contributed by atoms with Crippen molar-refractivity contribution in [3.63, 3.8) is 0 Å². The fourth-order valence-electron chi connectivity index (χ4n) is 2.24. The molecule has 0 heterocycles. The third-order valence-corrected chi connectivity index (χ3v) is 3.20. The molecule has 0 aliphatic heterocycles. The summed E-state index contributed by atoms with van der Waals surface area (Å²) < 4.78 is 11.2. The van der Waals surface area contributed by atoms with Crippen LogP contribution in [-0.2, 0) is 4.79 Å². The molecule has 0 aromatic heterocycles. The van der Waals surface area contributed by atoms with E-state index in [0.29, 0.717) is 11.5 Å². The monoisotopic (exact) mass is 262 g/mol. The average Bonchev–Trinajstić information content (AvgIpc) is 2.89. The van der Waals surface area contributed by atoms with E-state index in [0.717, 1.165) is 24.5 Å². The van der Waals surface area contributed by atoms with Gasteiger partial charge in [0.2, 0.25) is 0 Å². The number of hydrogen-bond donors (Lipinski definition) is 1. The van der Waals surface area contributed by atoms with Crippen LogP contribution in [0.15, 0.2) is 24.3 Å². The fourth-order valence-corrected chi connectivity index (χ4v) is 2.24. The molecule has 0 atom stereocenters. The topological polar surface area (TPSA) is 55.8 Å². The van der Waals surface area contributed by atoms with Gasteiger partial charge in [-0.05, 0) is 49.5 Å². The van der Waals surface area contributed by atoms with Gasteiger partial charge in [0.15, 0.2) is 11.5 Å². The number of carboxylic acid groups (broad SMARTS) is 1. The Labute approximate surface area is 112 Å². The highest BCUT2D eigenvalue weighted by molar-refractivity contribution is 5.85. The van der Waals surface area contributed by atoms with Crippen LogP contribution in [0.2, 0.25) is 0 Å². The zero-order valence-corrected chi connectivity index (χ0v) is 11.0. The molecule has 4 heteroatoms. The van der Waals surface area contributed by atoms with E-state index >= 15 is 0 Å². The van der Waals surface area contributed by atoms with Gasteiger partial charge in [-0.15, -0.1) is 0 Å². The van der Waals surface area contributed by atoms with Crippen LogP contribution in [0.1, 0.15) is 31.2 Å². The molecule has 0 saturated heterocycles. The van der Waals surface area contributed by atoms with Crippen molar-refractivity contribution in [3.05, 3.63) is 29.8 Å². The van der Waals surface area contributed by atoms with Crippen molar-refractivity contribution in [3.8, 4) is 11.5 Å². The Kier molecular flexibility index (Phi) is 4.44. The summed E-state index contributed by atoms with van der Waals surface area (Å²) >= 11 is 0. The van der Waals surface area contributed by atoms with Crippen molar-refractivity contribution in [2.45, 2.75) is 31.8 Å². The number of methoxy groups -OCH3 is 1. The van der Waals surface area contributed by atoms with Crippen molar-refractivity contribution in [2.24, 2.45) is 0 Å². The number of hydrogen-bond acceptors (Lipinski definition) is 3. The Morgan fingerprint density at radius 3 is 2.68 bits per heavy atom. The lowest BCUT2D eigenvalue weighted by atomic mass is 10.2. The van der Waals surface area contributed by atoms with E-state index in [-0.39, 0.29) is 6.10 Å². The Morgan fingerprint density at radius 2 is 2.05 bits per heavy atom. The fraction of sp³-hybridized carbons (Fsp3) is 0.400. The molecule has 1 aromatic carbocycles. The van der Waals surface area contributed by atoms with Crippen LogP contribution in [0.5, 0.6) is 11.5 Å². The maximum Gasteiger partial charge on any atom is 0.328 e. The minimum atomic E-state index is -0.964. The van der Waals surface area contributed by atoms with E-state index in [1.807, 2.05) is 6.07 Å². The minimum Gasteiger partial charge on any atom is -0.493 e. The Morgan fingerprint density at radius 1 is 1.32 bits per heavy atom. The van der Waals surface area contributed by atoms with Crippen LogP contribution in [0.25, 0.3) is 6.08 Å². The van der Waals surface area contributed by atoms with Crippen LogP contribution in [0, 0.1) is 0 Å². The van der Waals surface area contributed by atoms with E-state index in [4.69, 9.17) is 14.6 Å². The third-order valence-electron chi connectivity index (χ3n) is 3.20. The number of ether oxygens (including phenoxy) is 2. The first-order chi connectivity index (χ1) is 9.19. The highest BCUT2D eigenvalue weighted by Crippen LogP contribution is 2.32. The first-order valence-electron chi connectivity index (χ1n) is 6.45. The summed E-state index contributed by atoms with van der Waals surface area (Å²) in [4.78, 5) is 10.5. The molecule has 0 amide bonds. The van der Waals surface area contributed by atoms with Gasteiger partial charge in [0.25, 0.3) is 0 Å². The van der Waals surface area contributed by atoms with Crippen molar-refractivity contribution in [1.82, 2.24) is 0 Å². The number of rotatable bonds is 5.